The zero-order valence-electron chi connectivity index (χ0n) is 14.5. The summed E-state index contributed by atoms with van der Waals surface area (Å²) in [6.45, 7) is 0. The molecule has 2 aromatic heterocycles. The third kappa shape index (κ3) is 4.16. The van der Waals surface area contributed by atoms with Gasteiger partial charge in [0.1, 0.15) is 5.75 Å². The SMILES string of the molecule is O=C(Nc1ccc(Oc2ccc(-n3cccn3)nn2)cc1)c1ccc(Cl)cc1. The summed E-state index contributed by atoms with van der Waals surface area (Å²) in [5.41, 5.74) is 1.17. The van der Waals surface area contributed by atoms with Gasteiger partial charge in [-0.15, -0.1) is 10.2 Å². The van der Waals surface area contributed by atoms with E-state index in [1.807, 2.05) is 0 Å². The Balaban J connectivity index is 1.39. The van der Waals surface area contributed by atoms with E-state index >= 15 is 0 Å². The molecule has 0 saturated carbocycles. The van der Waals surface area contributed by atoms with Crippen LogP contribution in [0.2, 0.25) is 5.02 Å². The molecule has 8 heteroatoms. The number of nitrogens with zero attached hydrogens (tertiary/aromatic N) is 4. The Morgan fingerprint density at radius 1 is 0.964 bits per heavy atom. The number of nitrogens with one attached hydrogen (secondary N) is 1. The van der Waals surface area contributed by atoms with Crippen molar-refractivity contribution in [1.82, 2.24) is 20.0 Å². The second-order valence-electron chi connectivity index (χ2n) is 5.77. The van der Waals surface area contributed by atoms with E-state index in [4.69, 9.17) is 16.3 Å². The quantitative estimate of drug-likeness (QED) is 0.546. The lowest BCUT2D eigenvalue weighted by molar-refractivity contribution is 0.102. The zero-order valence-corrected chi connectivity index (χ0v) is 15.2. The van der Waals surface area contributed by atoms with Crippen molar-refractivity contribution in [3.8, 4) is 17.4 Å². The molecule has 28 heavy (non-hydrogen) atoms. The van der Waals surface area contributed by atoms with E-state index in [9.17, 15) is 4.79 Å². The first kappa shape index (κ1) is 17.7. The molecular weight excluding hydrogens is 378 g/mol. The van der Waals surface area contributed by atoms with Gasteiger partial charge < -0.3 is 10.1 Å². The first-order valence-electron chi connectivity index (χ1n) is 8.36. The Labute approximate surface area is 165 Å². The molecule has 138 valence electrons. The fourth-order valence-corrected chi connectivity index (χ4v) is 2.55. The maximum absolute atomic E-state index is 12.2. The van der Waals surface area contributed by atoms with E-state index in [1.165, 1.54) is 0 Å². The first-order valence-corrected chi connectivity index (χ1v) is 8.74. The van der Waals surface area contributed by atoms with Crippen molar-refractivity contribution in [3.63, 3.8) is 0 Å². The number of aromatic nitrogens is 4. The molecule has 0 fully saturated rings. The van der Waals surface area contributed by atoms with Crippen LogP contribution in [0.15, 0.2) is 79.1 Å². The lowest BCUT2D eigenvalue weighted by atomic mass is 10.2. The third-order valence-corrected chi connectivity index (χ3v) is 4.06. The summed E-state index contributed by atoms with van der Waals surface area (Å²) in [6.07, 6.45) is 3.45. The fraction of sp³-hybridized carbons (Fsp3) is 0. The molecule has 0 aliphatic heterocycles. The highest BCUT2D eigenvalue weighted by atomic mass is 35.5. The van der Waals surface area contributed by atoms with E-state index in [0.717, 1.165) is 0 Å². The number of carbonyl (C=O) groups excluding carboxylic acids is 1. The Hall–Kier alpha value is -3.71. The normalized spacial score (nSPS) is 10.5. The Morgan fingerprint density at radius 3 is 2.39 bits per heavy atom. The summed E-state index contributed by atoms with van der Waals surface area (Å²) in [5.74, 6) is 1.31. The van der Waals surface area contributed by atoms with Gasteiger partial charge in [-0.1, -0.05) is 11.6 Å². The van der Waals surface area contributed by atoms with Crippen LogP contribution in [-0.4, -0.2) is 25.9 Å². The molecule has 0 aliphatic carbocycles. The molecule has 4 aromatic rings. The smallest absolute Gasteiger partial charge is 0.255 e. The van der Waals surface area contributed by atoms with Crippen molar-refractivity contribution in [3.05, 3.63) is 89.7 Å². The van der Waals surface area contributed by atoms with Crippen molar-refractivity contribution < 1.29 is 9.53 Å². The molecule has 0 atom stereocenters. The average molecular weight is 392 g/mol. The maximum atomic E-state index is 12.2. The van der Waals surface area contributed by atoms with Gasteiger partial charge in [0.2, 0.25) is 5.88 Å². The molecule has 1 N–H and O–H groups in total. The molecule has 0 bridgehead atoms. The van der Waals surface area contributed by atoms with E-state index < -0.39 is 0 Å². The fourth-order valence-electron chi connectivity index (χ4n) is 2.43. The second-order valence-corrected chi connectivity index (χ2v) is 6.20. The molecule has 0 spiro atoms. The van der Waals surface area contributed by atoms with Crippen molar-refractivity contribution in [2.24, 2.45) is 0 Å². The van der Waals surface area contributed by atoms with Gasteiger partial charge in [-0.05, 0) is 60.7 Å². The van der Waals surface area contributed by atoms with Gasteiger partial charge in [0.05, 0.1) is 0 Å². The van der Waals surface area contributed by atoms with Crippen molar-refractivity contribution in [1.29, 1.82) is 0 Å². The summed E-state index contributed by atoms with van der Waals surface area (Å²) >= 11 is 5.84. The number of amides is 1. The molecule has 0 saturated heterocycles. The van der Waals surface area contributed by atoms with E-state index in [0.29, 0.717) is 33.7 Å². The Bertz CT molecular complexity index is 1060. The number of ether oxygens (including phenoxy) is 1. The molecule has 4 rings (SSSR count). The summed E-state index contributed by atoms with van der Waals surface area (Å²) in [4.78, 5) is 12.2. The number of halogens is 1. The maximum Gasteiger partial charge on any atom is 0.255 e. The number of hydrogen-bond acceptors (Lipinski definition) is 5. The highest BCUT2D eigenvalue weighted by Gasteiger charge is 2.07. The number of anilines is 1. The van der Waals surface area contributed by atoms with Crippen LogP contribution in [0.3, 0.4) is 0 Å². The van der Waals surface area contributed by atoms with Crippen LogP contribution in [0.25, 0.3) is 5.82 Å². The number of benzene rings is 2. The minimum absolute atomic E-state index is 0.217. The standard InChI is InChI=1S/C20H14ClN5O2/c21-15-4-2-14(3-5-15)20(27)23-16-6-8-17(9-7-16)28-19-11-10-18(24-25-19)26-13-1-12-22-26/h1-13H,(H,23,27). The minimum atomic E-state index is -0.217. The largest absolute Gasteiger partial charge is 0.438 e. The number of rotatable bonds is 5. The molecule has 2 aromatic carbocycles. The van der Waals surface area contributed by atoms with Crippen LogP contribution in [0.4, 0.5) is 5.69 Å². The van der Waals surface area contributed by atoms with Crippen molar-refractivity contribution in [2.45, 2.75) is 0 Å². The molecular formula is C20H14ClN5O2. The highest BCUT2D eigenvalue weighted by Crippen LogP contribution is 2.22. The predicted octanol–water partition coefficient (Wildman–Crippen LogP) is 4.36. The van der Waals surface area contributed by atoms with Gasteiger partial charge in [-0.2, -0.15) is 5.10 Å². The van der Waals surface area contributed by atoms with Gasteiger partial charge >= 0.3 is 0 Å². The average Bonchev–Trinajstić information content (AvgIpc) is 3.25. The zero-order chi connectivity index (χ0) is 19.3. The van der Waals surface area contributed by atoms with Crippen LogP contribution in [0, 0.1) is 0 Å². The van der Waals surface area contributed by atoms with E-state index in [1.54, 1.807) is 83.8 Å². The van der Waals surface area contributed by atoms with Gasteiger partial charge in [-0.25, -0.2) is 4.68 Å². The van der Waals surface area contributed by atoms with Gasteiger partial charge in [0.25, 0.3) is 5.91 Å². The molecule has 0 unspecified atom stereocenters. The van der Waals surface area contributed by atoms with Crippen LogP contribution in [0.1, 0.15) is 10.4 Å². The van der Waals surface area contributed by atoms with Crippen LogP contribution in [0.5, 0.6) is 11.6 Å². The van der Waals surface area contributed by atoms with Gasteiger partial charge in [-0.3, -0.25) is 4.79 Å². The van der Waals surface area contributed by atoms with Crippen molar-refractivity contribution >= 4 is 23.2 Å². The summed E-state index contributed by atoms with van der Waals surface area (Å²) in [6, 6.07) is 18.9. The van der Waals surface area contributed by atoms with Gasteiger partial charge in [0, 0.05) is 34.7 Å². The number of hydrogen-bond donors (Lipinski definition) is 1. The van der Waals surface area contributed by atoms with Crippen LogP contribution < -0.4 is 10.1 Å². The van der Waals surface area contributed by atoms with E-state index in [-0.39, 0.29) is 5.91 Å². The second kappa shape index (κ2) is 7.89. The molecule has 2 heterocycles. The predicted molar refractivity (Wildman–Crippen MR) is 105 cm³/mol. The lowest BCUT2D eigenvalue weighted by Crippen LogP contribution is -2.11. The number of carbonyl (C=O) groups is 1. The Morgan fingerprint density at radius 2 is 1.75 bits per heavy atom. The molecule has 7 nitrogen and oxygen atoms in total. The minimum Gasteiger partial charge on any atom is -0.438 e. The van der Waals surface area contributed by atoms with Crippen molar-refractivity contribution in [2.75, 3.05) is 5.32 Å². The first-order chi connectivity index (χ1) is 13.7. The topological polar surface area (TPSA) is 81.9 Å². The summed E-state index contributed by atoms with van der Waals surface area (Å²) < 4.78 is 7.28. The monoisotopic (exact) mass is 391 g/mol. The van der Waals surface area contributed by atoms with Crippen LogP contribution in [-0.2, 0) is 0 Å². The highest BCUT2D eigenvalue weighted by molar-refractivity contribution is 6.30. The Kier molecular flexibility index (Phi) is 4.99. The summed E-state index contributed by atoms with van der Waals surface area (Å²) in [7, 11) is 0. The van der Waals surface area contributed by atoms with Gasteiger partial charge in [0.15, 0.2) is 5.82 Å². The lowest BCUT2D eigenvalue weighted by Gasteiger charge is -2.08. The molecule has 0 aliphatic rings. The third-order valence-electron chi connectivity index (χ3n) is 3.81. The molecule has 1 amide bonds. The van der Waals surface area contributed by atoms with Crippen LogP contribution >= 0.6 is 11.6 Å². The molecule has 0 radical (unpaired) electrons. The van der Waals surface area contributed by atoms with E-state index in [2.05, 4.69) is 20.6 Å². The summed E-state index contributed by atoms with van der Waals surface area (Å²) in [5, 5.41) is 15.6.